The number of fused-ring (bicyclic) bond motifs is 14. The van der Waals surface area contributed by atoms with E-state index in [-0.39, 0.29) is 10.9 Å². The van der Waals surface area contributed by atoms with E-state index in [2.05, 4.69) is 99.0 Å². The molecule has 3 heterocycles. The Morgan fingerprint density at radius 3 is 1.20 bits per heavy atom. The maximum absolute atomic E-state index is 16.0. The third-order valence-electron chi connectivity index (χ3n) is 16.8. The van der Waals surface area contributed by atoms with Gasteiger partial charge in [0.1, 0.15) is 23.0 Å². The molecule has 0 fully saturated rings. The zero-order valence-electron chi connectivity index (χ0n) is 44.9. The number of nitrogens with zero attached hydrogens (tertiary/aromatic N) is 3. The summed E-state index contributed by atoms with van der Waals surface area (Å²) in [5.74, 6) is 4.25. The van der Waals surface area contributed by atoms with Crippen molar-refractivity contribution in [3.8, 4) is 68.1 Å². The van der Waals surface area contributed by atoms with Crippen LogP contribution in [0.3, 0.4) is 0 Å². The van der Waals surface area contributed by atoms with Crippen LogP contribution in [0.15, 0.2) is 222 Å². The van der Waals surface area contributed by atoms with Crippen molar-refractivity contribution in [1.82, 2.24) is 9.13 Å². The summed E-state index contributed by atoms with van der Waals surface area (Å²) in [6.07, 6.45) is 0. The Balaban J connectivity index is 0.997. The van der Waals surface area contributed by atoms with Crippen molar-refractivity contribution in [2.24, 2.45) is 0 Å². The molecule has 0 N–H and O–H groups in total. The van der Waals surface area contributed by atoms with Crippen LogP contribution >= 0.6 is 0 Å². The topological polar surface area (TPSA) is 93.4 Å². The SMILES string of the molecule is COc1ccc2c(c1)c1cc(OC)ccc1n2-c1ccc(-n2c3ccc(OC)cc3c3cc(OC)ccc32)c2c1c(=O)c1cc3c(=O)c4ccc(N5c6cc(-c7ccccc7)ccc6Oc6ccc(-c7ccccc7)cc65)cc4c3cc12. The predicted octanol–water partition coefficient (Wildman–Crippen LogP) is 17.0. The Morgan fingerprint density at radius 1 is 0.305 bits per heavy atom. The van der Waals surface area contributed by atoms with Gasteiger partial charge < -0.3 is 37.7 Å². The fourth-order valence-electron chi connectivity index (χ4n) is 12.9. The van der Waals surface area contributed by atoms with Crippen molar-refractivity contribution < 1.29 is 23.7 Å². The van der Waals surface area contributed by atoms with Crippen LogP contribution in [0.2, 0.25) is 0 Å². The first kappa shape index (κ1) is 47.2. The van der Waals surface area contributed by atoms with E-state index in [9.17, 15) is 0 Å². The van der Waals surface area contributed by atoms with Crippen LogP contribution in [-0.4, -0.2) is 37.6 Å². The Labute approximate surface area is 468 Å². The molecular weight excluding hydrogens is 1020 g/mol. The summed E-state index contributed by atoms with van der Waals surface area (Å²) < 4.78 is 34.3. The van der Waals surface area contributed by atoms with E-state index in [0.717, 1.165) is 110 Å². The standard InChI is InChI=1S/C72H47N3O7/c1-78-45-18-23-59-52(34-45)53-35-46(79-2)19-24-60(53)74(59)63-27-28-64(75-61-25-20-47(80-3)36-54(61)55-37-48(81-4)21-26-62(55)75)70-69(63)56-38-51-50-33-44(17-22-49(50)71(76)57(51)39-58(56)72(70)77)73-65-31-42(40-11-7-5-8-12-40)15-29-67(65)82-68-30-16-43(32-66(68)73)41-13-9-6-10-14-41/h5-39H,1-4H3. The van der Waals surface area contributed by atoms with Crippen LogP contribution in [0.5, 0.6) is 34.5 Å². The van der Waals surface area contributed by atoms with Crippen LogP contribution in [0.4, 0.5) is 17.1 Å². The van der Waals surface area contributed by atoms with Gasteiger partial charge in [0.05, 0.1) is 78.6 Å². The van der Waals surface area contributed by atoms with E-state index >= 15 is 9.59 Å². The molecule has 2 aromatic heterocycles. The Bertz CT molecular complexity index is 5090. The maximum Gasteiger partial charge on any atom is 0.196 e. The number of benzene rings is 11. The summed E-state index contributed by atoms with van der Waals surface area (Å²) in [5, 5.41) is 8.80. The molecule has 0 saturated heterocycles. The second kappa shape index (κ2) is 17.8. The summed E-state index contributed by atoms with van der Waals surface area (Å²) in [4.78, 5) is 33.3. The molecule has 392 valence electrons. The van der Waals surface area contributed by atoms with Gasteiger partial charge in [0.2, 0.25) is 0 Å². The number of rotatable bonds is 9. The molecule has 0 atom stereocenters. The molecule has 1 aliphatic rings. The smallest absolute Gasteiger partial charge is 0.196 e. The fourth-order valence-corrected chi connectivity index (χ4v) is 12.9. The lowest BCUT2D eigenvalue weighted by Crippen LogP contribution is -2.16. The molecule has 0 saturated carbocycles. The highest BCUT2D eigenvalue weighted by molar-refractivity contribution is 6.26. The fraction of sp³-hybridized carbons (Fsp3) is 0.0556. The van der Waals surface area contributed by atoms with Crippen LogP contribution in [0, 0.1) is 0 Å². The summed E-state index contributed by atoms with van der Waals surface area (Å²) in [6, 6.07) is 71.6. The second-order valence-corrected chi connectivity index (χ2v) is 20.9. The minimum atomic E-state index is -0.180. The lowest BCUT2D eigenvalue weighted by atomic mass is 10.00. The quantitative estimate of drug-likeness (QED) is 0.141. The van der Waals surface area contributed by atoms with E-state index in [1.807, 2.05) is 127 Å². The van der Waals surface area contributed by atoms with E-state index in [4.69, 9.17) is 23.7 Å². The van der Waals surface area contributed by atoms with Crippen LogP contribution < -0.4 is 39.4 Å². The number of anilines is 3. The zero-order valence-corrected chi connectivity index (χ0v) is 44.9. The molecule has 10 nitrogen and oxygen atoms in total. The highest BCUT2D eigenvalue weighted by Crippen LogP contribution is 2.53. The van der Waals surface area contributed by atoms with Gasteiger partial charge in [-0.2, -0.15) is 0 Å². The third kappa shape index (κ3) is 6.81. The molecule has 0 aliphatic carbocycles. The van der Waals surface area contributed by atoms with Crippen molar-refractivity contribution in [2.45, 2.75) is 0 Å². The molecule has 0 bridgehead atoms. The summed E-state index contributed by atoms with van der Waals surface area (Å²) in [7, 11) is 6.66. The van der Waals surface area contributed by atoms with E-state index in [1.54, 1.807) is 28.4 Å². The monoisotopic (exact) mass is 1070 g/mol. The molecule has 16 rings (SSSR count). The van der Waals surface area contributed by atoms with Gasteiger partial charge in [0.15, 0.2) is 22.4 Å². The van der Waals surface area contributed by atoms with Gasteiger partial charge >= 0.3 is 0 Å². The normalized spacial score (nSPS) is 12.3. The van der Waals surface area contributed by atoms with E-state index < -0.39 is 0 Å². The van der Waals surface area contributed by atoms with Crippen LogP contribution in [-0.2, 0) is 0 Å². The zero-order chi connectivity index (χ0) is 55.1. The van der Waals surface area contributed by atoms with Gasteiger partial charge in [-0.05, 0) is 178 Å². The minimum absolute atomic E-state index is 0.139. The first-order chi connectivity index (χ1) is 40.3. The van der Waals surface area contributed by atoms with Crippen molar-refractivity contribution in [3.05, 3.63) is 233 Å². The van der Waals surface area contributed by atoms with E-state index in [0.29, 0.717) is 61.7 Å². The van der Waals surface area contributed by atoms with Gasteiger partial charge in [0.25, 0.3) is 0 Å². The van der Waals surface area contributed by atoms with Crippen molar-refractivity contribution in [1.29, 1.82) is 0 Å². The van der Waals surface area contributed by atoms with Crippen LogP contribution in [0.1, 0.15) is 0 Å². The number of aromatic nitrogens is 2. The third-order valence-corrected chi connectivity index (χ3v) is 16.8. The highest BCUT2D eigenvalue weighted by atomic mass is 16.5. The molecule has 82 heavy (non-hydrogen) atoms. The number of hydrogen-bond donors (Lipinski definition) is 0. The first-order valence-corrected chi connectivity index (χ1v) is 27.1. The maximum atomic E-state index is 16.0. The molecule has 15 aromatic rings. The summed E-state index contributed by atoms with van der Waals surface area (Å²) in [5.41, 5.74) is 11.6. The van der Waals surface area contributed by atoms with Gasteiger partial charge in [-0.15, -0.1) is 0 Å². The number of methoxy groups -OCH3 is 4. The van der Waals surface area contributed by atoms with Gasteiger partial charge in [-0.1, -0.05) is 72.8 Å². The van der Waals surface area contributed by atoms with Gasteiger partial charge in [-0.25, -0.2) is 0 Å². The van der Waals surface area contributed by atoms with E-state index in [1.165, 1.54) is 0 Å². The number of hydrogen-bond acceptors (Lipinski definition) is 8. The molecule has 13 aromatic carbocycles. The largest absolute Gasteiger partial charge is 0.497 e. The van der Waals surface area contributed by atoms with Crippen molar-refractivity contribution >= 4 is 104 Å². The Kier molecular flexibility index (Phi) is 10.3. The average molecular weight is 1070 g/mol. The molecule has 0 amide bonds. The van der Waals surface area contributed by atoms with Gasteiger partial charge in [-0.3, -0.25) is 9.59 Å². The van der Waals surface area contributed by atoms with Crippen molar-refractivity contribution in [3.63, 3.8) is 0 Å². The number of ether oxygens (including phenoxy) is 5. The summed E-state index contributed by atoms with van der Waals surface area (Å²) in [6.45, 7) is 0. The highest BCUT2D eigenvalue weighted by Gasteiger charge is 2.30. The molecule has 0 unspecified atom stereocenters. The molecule has 0 spiro atoms. The molecule has 10 heteroatoms. The van der Waals surface area contributed by atoms with Crippen LogP contribution in [0.25, 0.3) is 120 Å². The summed E-state index contributed by atoms with van der Waals surface area (Å²) >= 11 is 0. The average Bonchev–Trinajstić information content (AvgIpc) is 4.33. The second-order valence-electron chi connectivity index (χ2n) is 20.9. The first-order valence-electron chi connectivity index (χ1n) is 27.1. The lowest BCUT2D eigenvalue weighted by molar-refractivity contribution is 0.415. The Morgan fingerprint density at radius 2 is 0.732 bits per heavy atom. The Hall–Kier alpha value is -10.8. The van der Waals surface area contributed by atoms with Crippen molar-refractivity contribution in [2.75, 3.05) is 33.3 Å². The molecular formula is C72H47N3O7. The molecule has 1 aliphatic heterocycles. The lowest BCUT2D eigenvalue weighted by Gasteiger charge is -2.33. The predicted molar refractivity (Wildman–Crippen MR) is 332 cm³/mol. The minimum Gasteiger partial charge on any atom is -0.497 e. The molecule has 0 radical (unpaired) electrons. The van der Waals surface area contributed by atoms with Gasteiger partial charge in [0, 0.05) is 48.8 Å².